The highest BCUT2D eigenvalue weighted by molar-refractivity contribution is 5.98. The predicted octanol–water partition coefficient (Wildman–Crippen LogP) is 0.214. The van der Waals surface area contributed by atoms with Crippen molar-refractivity contribution < 1.29 is 49.7 Å². The highest BCUT2D eigenvalue weighted by atomic mass is 16.6. The van der Waals surface area contributed by atoms with E-state index in [1.54, 1.807) is 12.2 Å². The molecule has 3 aliphatic carbocycles. The van der Waals surface area contributed by atoms with Crippen molar-refractivity contribution in [2.45, 2.75) is 67.6 Å². The van der Waals surface area contributed by atoms with Crippen LogP contribution in [0, 0.1) is 17.8 Å². The van der Waals surface area contributed by atoms with Gasteiger partial charge in [-0.1, -0.05) is 75.1 Å². The molecule has 2 saturated carbocycles. The number of benzene rings is 1. The van der Waals surface area contributed by atoms with Gasteiger partial charge in [0.2, 0.25) is 0 Å². The van der Waals surface area contributed by atoms with Gasteiger partial charge in [0.15, 0.2) is 11.4 Å². The Labute approximate surface area is 237 Å². The molecule has 1 aromatic rings. The van der Waals surface area contributed by atoms with Crippen LogP contribution in [0.1, 0.15) is 26.3 Å². The number of hydrogen-bond donors (Lipinski definition) is 6. The summed E-state index contributed by atoms with van der Waals surface area (Å²) in [6, 6.07) is 9.35. The summed E-state index contributed by atoms with van der Waals surface area (Å²) in [7, 11) is 0. The monoisotopic (exact) mass is 568 g/mol. The molecule has 3 fully saturated rings. The van der Waals surface area contributed by atoms with Crippen LogP contribution in [-0.4, -0.2) is 95.8 Å². The lowest BCUT2D eigenvalue weighted by Gasteiger charge is -2.58. The van der Waals surface area contributed by atoms with E-state index in [0.717, 1.165) is 11.6 Å². The Morgan fingerprint density at radius 2 is 1.78 bits per heavy atom. The van der Waals surface area contributed by atoms with E-state index in [4.69, 9.17) is 9.47 Å². The Hall–Kier alpha value is -2.96. The zero-order valence-electron chi connectivity index (χ0n) is 23.0. The standard InChI is InChI=1S/C31H36O10/c1-16(2)29(37)24(35)22-26-28(15-32,41-26)27(36)31(39)20(14-17(3)23(31)34)30(22,38)18(4)25(29)40-21(33)13-9-8-12-19-10-6-5-7-11-19/h5-14,17-18,22,24-27,32,35-39H,1,15H2,2-4H3/t17?,18-,22-,24-,25-,26+,27-,28+,29-,30+,31-/m1/s1. The zero-order valence-corrected chi connectivity index (χ0v) is 23.0. The quantitative estimate of drug-likeness (QED) is 0.0914. The summed E-state index contributed by atoms with van der Waals surface area (Å²) in [6.45, 7) is 7.32. The second kappa shape index (κ2) is 9.81. The van der Waals surface area contributed by atoms with Gasteiger partial charge in [-0.3, -0.25) is 4.79 Å². The van der Waals surface area contributed by atoms with Crippen molar-refractivity contribution in [1.29, 1.82) is 0 Å². The molecule has 0 spiro atoms. The third-order valence-corrected chi connectivity index (χ3v) is 9.49. The van der Waals surface area contributed by atoms with Crippen molar-refractivity contribution in [2.75, 3.05) is 6.61 Å². The van der Waals surface area contributed by atoms with E-state index < -0.39 is 82.9 Å². The number of carbonyl (C=O) groups is 2. The smallest absolute Gasteiger partial charge is 0.331 e. The van der Waals surface area contributed by atoms with Crippen LogP contribution >= 0.6 is 0 Å². The molecule has 0 aromatic heterocycles. The second-order valence-corrected chi connectivity index (χ2v) is 11.7. The summed E-state index contributed by atoms with van der Waals surface area (Å²) in [5.41, 5.74) is -8.56. The number of ether oxygens (including phenoxy) is 2. The number of fused-ring (bicyclic) bond motifs is 5. The predicted molar refractivity (Wildman–Crippen MR) is 146 cm³/mol. The van der Waals surface area contributed by atoms with Gasteiger partial charge in [0.05, 0.1) is 18.6 Å². The highest BCUT2D eigenvalue weighted by Crippen LogP contribution is 2.65. The van der Waals surface area contributed by atoms with Gasteiger partial charge in [0.25, 0.3) is 0 Å². The van der Waals surface area contributed by atoms with Crippen molar-refractivity contribution in [3.05, 3.63) is 77.9 Å². The van der Waals surface area contributed by atoms with Gasteiger partial charge in [-0.15, -0.1) is 0 Å². The first-order chi connectivity index (χ1) is 19.2. The Morgan fingerprint density at radius 3 is 2.39 bits per heavy atom. The Balaban J connectivity index is 1.56. The minimum Gasteiger partial charge on any atom is -0.455 e. The topological polar surface area (TPSA) is 177 Å². The first-order valence-electron chi connectivity index (χ1n) is 13.6. The van der Waals surface area contributed by atoms with E-state index in [1.165, 1.54) is 32.9 Å². The molecule has 1 heterocycles. The van der Waals surface area contributed by atoms with Crippen LogP contribution in [0.3, 0.4) is 0 Å². The number of hydrogen-bond acceptors (Lipinski definition) is 10. The van der Waals surface area contributed by atoms with Crippen LogP contribution in [0.2, 0.25) is 0 Å². The van der Waals surface area contributed by atoms with Crippen molar-refractivity contribution >= 4 is 17.8 Å². The maximum Gasteiger partial charge on any atom is 0.331 e. The molecule has 5 rings (SSSR count). The molecule has 11 atom stereocenters. The van der Waals surface area contributed by atoms with Crippen LogP contribution in [-0.2, 0) is 19.1 Å². The summed E-state index contributed by atoms with van der Waals surface area (Å²) >= 11 is 0. The van der Waals surface area contributed by atoms with Crippen molar-refractivity contribution in [3.8, 4) is 0 Å². The molecule has 1 aromatic carbocycles. The van der Waals surface area contributed by atoms with Gasteiger partial charge >= 0.3 is 5.97 Å². The van der Waals surface area contributed by atoms with Crippen LogP contribution in [0.5, 0.6) is 0 Å². The summed E-state index contributed by atoms with van der Waals surface area (Å²) in [5.74, 6) is -5.38. The first kappa shape index (κ1) is 29.5. The Bertz CT molecular complexity index is 1350. The molecule has 220 valence electrons. The van der Waals surface area contributed by atoms with Crippen LogP contribution in [0.25, 0.3) is 6.08 Å². The van der Waals surface area contributed by atoms with Gasteiger partial charge in [-0.2, -0.15) is 0 Å². The van der Waals surface area contributed by atoms with E-state index in [9.17, 15) is 40.2 Å². The lowest BCUT2D eigenvalue weighted by molar-refractivity contribution is -0.256. The molecule has 41 heavy (non-hydrogen) atoms. The summed E-state index contributed by atoms with van der Waals surface area (Å²) in [6.07, 6.45) is 0.463. The molecular weight excluding hydrogens is 532 g/mol. The van der Waals surface area contributed by atoms with Gasteiger partial charge in [0, 0.05) is 23.5 Å². The molecule has 1 saturated heterocycles. The number of aliphatic hydroxyl groups is 6. The van der Waals surface area contributed by atoms with E-state index >= 15 is 0 Å². The van der Waals surface area contributed by atoms with Crippen LogP contribution in [0.15, 0.2) is 72.4 Å². The Morgan fingerprint density at radius 1 is 1.12 bits per heavy atom. The fraction of sp³-hybridized carbons (Fsp3) is 0.484. The fourth-order valence-electron chi connectivity index (χ4n) is 7.16. The number of allylic oxidation sites excluding steroid dienone is 3. The molecule has 1 aliphatic heterocycles. The highest BCUT2D eigenvalue weighted by Gasteiger charge is 2.83. The molecule has 10 nitrogen and oxygen atoms in total. The van der Waals surface area contributed by atoms with Gasteiger partial charge in [-0.25, -0.2) is 4.79 Å². The normalized spacial score (nSPS) is 45.0. The maximum atomic E-state index is 13.3. The lowest BCUT2D eigenvalue weighted by Crippen LogP contribution is -2.74. The summed E-state index contributed by atoms with van der Waals surface area (Å²) in [4.78, 5) is 26.2. The number of esters is 1. The lowest BCUT2D eigenvalue weighted by atomic mass is 9.54. The minimum atomic E-state index is -2.66. The van der Waals surface area contributed by atoms with E-state index in [1.807, 2.05) is 30.3 Å². The zero-order chi connectivity index (χ0) is 30.1. The molecule has 0 radical (unpaired) electrons. The fourth-order valence-corrected chi connectivity index (χ4v) is 7.16. The number of Topliss-reactive ketones (excluding diaryl/α,β-unsaturated/α-hetero) is 1. The first-order valence-corrected chi connectivity index (χ1v) is 13.6. The molecule has 0 amide bonds. The maximum absolute atomic E-state index is 13.3. The van der Waals surface area contributed by atoms with Crippen LogP contribution < -0.4 is 0 Å². The molecule has 10 heteroatoms. The van der Waals surface area contributed by atoms with E-state index in [-0.39, 0.29) is 11.1 Å². The van der Waals surface area contributed by atoms with Gasteiger partial charge in [0.1, 0.15) is 35.1 Å². The van der Waals surface area contributed by atoms with Crippen molar-refractivity contribution in [2.24, 2.45) is 17.8 Å². The van der Waals surface area contributed by atoms with Crippen molar-refractivity contribution in [3.63, 3.8) is 0 Å². The molecular formula is C31H36O10. The van der Waals surface area contributed by atoms with Crippen LogP contribution in [0.4, 0.5) is 0 Å². The third kappa shape index (κ3) is 3.90. The van der Waals surface area contributed by atoms with Crippen molar-refractivity contribution in [1.82, 2.24) is 0 Å². The van der Waals surface area contributed by atoms with Gasteiger partial charge < -0.3 is 40.1 Å². The molecule has 4 aliphatic rings. The van der Waals surface area contributed by atoms with E-state index in [0.29, 0.717) is 0 Å². The average molecular weight is 569 g/mol. The summed E-state index contributed by atoms with van der Waals surface area (Å²) in [5, 5.41) is 69.4. The van der Waals surface area contributed by atoms with E-state index in [2.05, 4.69) is 6.58 Å². The largest absolute Gasteiger partial charge is 0.455 e. The SMILES string of the molecule is C=C(C)[C@@]1(O)[C@H](O)[C@@H]2[C@@H]3O[C@]3(CO)[C@@H](O)[C@]3(O)C(=O)C(C)C=C3[C@@]2(O)[C@H](C)[C@H]1OC(=O)C=CC=Cc1ccccc1. The molecule has 6 N–H and O–H groups in total. The minimum absolute atomic E-state index is 0.0183. The van der Waals surface area contributed by atoms with Gasteiger partial charge in [-0.05, 0) is 18.1 Å². The average Bonchev–Trinajstić information content (AvgIpc) is 3.63. The molecule has 0 bridgehead atoms. The summed E-state index contributed by atoms with van der Waals surface area (Å²) < 4.78 is 11.4. The number of carbonyl (C=O) groups excluding carboxylic acids is 2. The number of ketones is 1. The second-order valence-electron chi connectivity index (χ2n) is 11.7. The number of aliphatic hydroxyl groups excluding tert-OH is 3. The number of epoxide rings is 1. The third-order valence-electron chi connectivity index (χ3n) is 9.49. The number of rotatable bonds is 6. The Kier molecular flexibility index (Phi) is 7.06. The molecule has 1 unspecified atom stereocenters.